The topological polar surface area (TPSA) is 37.3 Å². The molecule has 0 heterocycles. The van der Waals surface area contributed by atoms with Gasteiger partial charge in [-0.3, -0.25) is 4.79 Å². The molecular weight excluding hydrogens is 260 g/mol. The Morgan fingerprint density at radius 1 is 0.952 bits per heavy atom. The third kappa shape index (κ3) is 1.84. The Balaban J connectivity index is 1.64. The molecule has 0 aromatic carbocycles. The van der Waals surface area contributed by atoms with Gasteiger partial charge in [0.15, 0.2) is 0 Å². The largest absolute Gasteiger partial charge is 0.393 e. The quantitative estimate of drug-likeness (QED) is 0.733. The van der Waals surface area contributed by atoms with Gasteiger partial charge in [0.1, 0.15) is 5.78 Å². The van der Waals surface area contributed by atoms with Crippen molar-refractivity contribution in [2.24, 2.45) is 34.5 Å². The summed E-state index contributed by atoms with van der Waals surface area (Å²) in [6.07, 6.45) is 10.0. The van der Waals surface area contributed by atoms with Crippen LogP contribution in [0, 0.1) is 34.5 Å². The number of ketones is 1. The fourth-order valence-corrected chi connectivity index (χ4v) is 7.02. The van der Waals surface area contributed by atoms with Gasteiger partial charge in [0.05, 0.1) is 6.10 Å². The van der Waals surface area contributed by atoms with Crippen LogP contribution in [0.3, 0.4) is 0 Å². The molecule has 0 spiro atoms. The molecule has 0 aromatic heterocycles. The summed E-state index contributed by atoms with van der Waals surface area (Å²) in [4.78, 5) is 11.9. The Morgan fingerprint density at radius 3 is 2.52 bits per heavy atom. The van der Waals surface area contributed by atoms with Gasteiger partial charge < -0.3 is 5.11 Å². The molecule has 1 N–H and O–H groups in total. The van der Waals surface area contributed by atoms with Crippen LogP contribution in [0.25, 0.3) is 0 Å². The first-order valence-corrected chi connectivity index (χ1v) is 9.15. The highest BCUT2D eigenvalue weighted by atomic mass is 16.3. The summed E-state index contributed by atoms with van der Waals surface area (Å²) in [6.45, 7) is 4.85. The minimum Gasteiger partial charge on any atom is -0.393 e. The van der Waals surface area contributed by atoms with Gasteiger partial charge in [-0.15, -0.1) is 0 Å². The molecule has 4 rings (SSSR count). The predicted molar refractivity (Wildman–Crippen MR) is 82.7 cm³/mol. The van der Waals surface area contributed by atoms with Crippen molar-refractivity contribution in [1.82, 2.24) is 0 Å². The molecule has 4 saturated carbocycles. The molecule has 118 valence electrons. The lowest BCUT2D eigenvalue weighted by atomic mass is 9.45. The van der Waals surface area contributed by atoms with E-state index in [2.05, 4.69) is 13.8 Å². The van der Waals surface area contributed by atoms with Crippen molar-refractivity contribution in [3.8, 4) is 0 Å². The second-order valence-electron chi connectivity index (χ2n) is 9.04. The number of aliphatic hydroxyl groups is 1. The van der Waals surface area contributed by atoms with Crippen molar-refractivity contribution in [2.45, 2.75) is 77.7 Å². The van der Waals surface area contributed by atoms with Crippen molar-refractivity contribution < 1.29 is 9.90 Å². The predicted octanol–water partition coefficient (Wildman–Crippen LogP) is 3.96. The molecule has 2 heteroatoms. The highest BCUT2D eigenvalue weighted by molar-refractivity contribution is 5.79. The Morgan fingerprint density at radius 2 is 1.71 bits per heavy atom. The highest BCUT2D eigenvalue weighted by Gasteiger charge is 2.59. The lowest BCUT2D eigenvalue weighted by Crippen LogP contribution is -2.54. The molecule has 0 aromatic rings. The summed E-state index contributed by atoms with van der Waals surface area (Å²) < 4.78 is 0. The molecule has 4 aliphatic rings. The first kappa shape index (κ1) is 14.2. The normalized spacial score (nSPS) is 56.5. The SMILES string of the molecule is C[C@]12CCC(=O)C[C@@H]1CC[C@H]1[C@@H]2CC[C@]2(C)[C@H](O)CC[C@@H]12. The molecule has 0 amide bonds. The van der Waals surface area contributed by atoms with Crippen LogP contribution in [0.1, 0.15) is 71.6 Å². The van der Waals surface area contributed by atoms with Gasteiger partial charge in [-0.25, -0.2) is 0 Å². The van der Waals surface area contributed by atoms with Crippen LogP contribution < -0.4 is 0 Å². The molecule has 0 aliphatic heterocycles. The number of fused-ring (bicyclic) bond motifs is 5. The third-order valence-electron chi connectivity index (χ3n) is 8.43. The van der Waals surface area contributed by atoms with Gasteiger partial charge in [-0.2, -0.15) is 0 Å². The number of Topliss-reactive ketones (excluding diaryl/α,β-unsaturated/α-hetero) is 1. The van der Waals surface area contributed by atoms with Gasteiger partial charge in [0.25, 0.3) is 0 Å². The average Bonchev–Trinajstić information content (AvgIpc) is 2.76. The van der Waals surface area contributed by atoms with Crippen molar-refractivity contribution in [3.63, 3.8) is 0 Å². The average molecular weight is 290 g/mol. The number of carbonyl (C=O) groups excluding carboxylic acids is 1. The van der Waals surface area contributed by atoms with E-state index in [1.54, 1.807) is 0 Å². The van der Waals surface area contributed by atoms with E-state index in [4.69, 9.17) is 0 Å². The summed E-state index contributed by atoms with van der Waals surface area (Å²) in [7, 11) is 0. The smallest absolute Gasteiger partial charge is 0.133 e. The van der Waals surface area contributed by atoms with Gasteiger partial charge >= 0.3 is 0 Å². The van der Waals surface area contributed by atoms with Crippen LogP contribution in [-0.2, 0) is 4.79 Å². The van der Waals surface area contributed by atoms with Crippen LogP contribution in [0.15, 0.2) is 0 Å². The maximum atomic E-state index is 11.9. The molecule has 0 saturated heterocycles. The first-order valence-electron chi connectivity index (χ1n) is 9.15. The van der Waals surface area contributed by atoms with Crippen LogP contribution in [0.5, 0.6) is 0 Å². The van der Waals surface area contributed by atoms with Gasteiger partial charge in [-0.1, -0.05) is 13.8 Å². The lowest BCUT2D eigenvalue weighted by molar-refractivity contribution is -0.141. The first-order chi connectivity index (χ1) is 9.95. The standard InChI is InChI=1S/C19H30O2/c1-18-9-7-13(20)11-12(18)3-4-14-15-5-6-17(21)19(15,2)10-8-16(14)18/h12,14-17,21H,3-11H2,1-2H3/t12-,14+,15-,16-,17+,18-,19-/m0/s1. The van der Waals surface area contributed by atoms with Gasteiger partial charge in [0.2, 0.25) is 0 Å². The molecule has 4 aliphatic carbocycles. The van der Waals surface area contributed by atoms with Crippen molar-refractivity contribution in [2.75, 3.05) is 0 Å². The molecule has 0 radical (unpaired) electrons. The Kier molecular flexibility index (Phi) is 3.10. The second-order valence-corrected chi connectivity index (χ2v) is 9.04. The molecule has 4 fully saturated rings. The third-order valence-corrected chi connectivity index (χ3v) is 8.43. The number of aliphatic hydroxyl groups excluding tert-OH is 1. The van der Waals surface area contributed by atoms with Crippen molar-refractivity contribution in [3.05, 3.63) is 0 Å². The fourth-order valence-electron chi connectivity index (χ4n) is 7.02. The Bertz CT molecular complexity index is 458. The highest BCUT2D eigenvalue weighted by Crippen LogP contribution is 2.65. The second kappa shape index (κ2) is 4.57. The van der Waals surface area contributed by atoms with E-state index in [0.29, 0.717) is 17.1 Å². The fraction of sp³-hybridized carbons (Fsp3) is 0.947. The molecule has 21 heavy (non-hydrogen) atoms. The zero-order valence-corrected chi connectivity index (χ0v) is 13.6. The Labute approximate surface area is 128 Å². The van der Waals surface area contributed by atoms with Crippen molar-refractivity contribution in [1.29, 1.82) is 0 Å². The van der Waals surface area contributed by atoms with Gasteiger partial charge in [-0.05, 0) is 79.4 Å². The molecule has 2 nitrogen and oxygen atoms in total. The Hall–Kier alpha value is -0.370. The van der Waals surface area contributed by atoms with Crippen LogP contribution >= 0.6 is 0 Å². The van der Waals surface area contributed by atoms with Crippen LogP contribution in [0.2, 0.25) is 0 Å². The monoisotopic (exact) mass is 290 g/mol. The van der Waals surface area contributed by atoms with Crippen molar-refractivity contribution >= 4 is 5.78 Å². The number of hydrogen-bond donors (Lipinski definition) is 1. The van der Waals surface area contributed by atoms with E-state index in [1.807, 2.05) is 0 Å². The molecule has 0 unspecified atom stereocenters. The zero-order valence-electron chi connectivity index (χ0n) is 13.6. The van der Waals surface area contributed by atoms with Gasteiger partial charge in [0, 0.05) is 12.8 Å². The summed E-state index contributed by atoms with van der Waals surface area (Å²) >= 11 is 0. The summed E-state index contributed by atoms with van der Waals surface area (Å²) in [5.41, 5.74) is 0.598. The summed E-state index contributed by atoms with van der Waals surface area (Å²) in [5, 5.41) is 10.5. The number of hydrogen-bond acceptors (Lipinski definition) is 2. The van der Waals surface area contributed by atoms with E-state index < -0.39 is 0 Å². The van der Waals surface area contributed by atoms with Crippen LogP contribution in [0.4, 0.5) is 0 Å². The molecule has 7 atom stereocenters. The minimum atomic E-state index is -0.0677. The van der Waals surface area contributed by atoms with E-state index in [0.717, 1.165) is 43.4 Å². The molecule has 0 bridgehead atoms. The van der Waals surface area contributed by atoms with E-state index in [-0.39, 0.29) is 11.5 Å². The molecular formula is C19H30O2. The maximum Gasteiger partial charge on any atom is 0.133 e. The van der Waals surface area contributed by atoms with Crippen LogP contribution in [-0.4, -0.2) is 17.0 Å². The summed E-state index contributed by atoms with van der Waals surface area (Å²) in [6, 6.07) is 0. The number of rotatable bonds is 0. The zero-order chi connectivity index (χ0) is 14.8. The number of carbonyl (C=O) groups is 1. The maximum absolute atomic E-state index is 11.9. The van der Waals surface area contributed by atoms with E-state index in [9.17, 15) is 9.90 Å². The van der Waals surface area contributed by atoms with E-state index >= 15 is 0 Å². The summed E-state index contributed by atoms with van der Waals surface area (Å²) in [5.74, 6) is 3.52. The lowest BCUT2D eigenvalue weighted by Gasteiger charge is -2.60. The van der Waals surface area contributed by atoms with E-state index in [1.165, 1.54) is 32.1 Å². The minimum absolute atomic E-state index is 0.0677.